The van der Waals surface area contributed by atoms with Gasteiger partial charge in [0.25, 0.3) is 0 Å². The van der Waals surface area contributed by atoms with Crippen LogP contribution < -0.4 is 5.32 Å². The van der Waals surface area contributed by atoms with Crippen LogP contribution in [0.5, 0.6) is 0 Å². The zero-order chi connectivity index (χ0) is 15.6. The largest absolute Gasteiger partial charge is 0.466 e. The van der Waals surface area contributed by atoms with Crippen molar-refractivity contribution in [3.05, 3.63) is 23.2 Å². The summed E-state index contributed by atoms with van der Waals surface area (Å²) in [5.74, 6) is 1.81. The normalized spacial score (nSPS) is 20.1. The van der Waals surface area contributed by atoms with Gasteiger partial charge in [-0.1, -0.05) is 0 Å². The first-order valence-corrected chi connectivity index (χ1v) is 8.88. The Kier molecular flexibility index (Phi) is 4.73. The highest BCUT2D eigenvalue weighted by atomic mass is 32.2. The van der Waals surface area contributed by atoms with Gasteiger partial charge in [0.2, 0.25) is 5.91 Å². The molecular formula is C14H22N2O4S. The molecule has 0 aliphatic carbocycles. The Morgan fingerprint density at radius 3 is 2.52 bits per heavy atom. The van der Waals surface area contributed by atoms with E-state index in [-0.39, 0.29) is 30.0 Å². The molecule has 0 unspecified atom stereocenters. The smallest absolute Gasteiger partial charge is 0.234 e. The first-order valence-electron chi connectivity index (χ1n) is 7.06. The number of amides is 1. The fourth-order valence-electron chi connectivity index (χ4n) is 2.56. The van der Waals surface area contributed by atoms with Crippen LogP contribution in [0.3, 0.4) is 0 Å². The molecule has 0 saturated carbocycles. The van der Waals surface area contributed by atoms with Crippen LogP contribution in [-0.2, 0) is 14.6 Å². The Labute approximate surface area is 125 Å². The van der Waals surface area contributed by atoms with Gasteiger partial charge in [0.05, 0.1) is 24.1 Å². The lowest BCUT2D eigenvalue weighted by Crippen LogP contribution is -2.45. The van der Waals surface area contributed by atoms with E-state index in [0.717, 1.165) is 17.1 Å². The molecule has 2 heterocycles. The molecule has 1 amide bonds. The SMILES string of the molecule is Cc1cc([C@H](C)NC(=O)CN2CCS(=O)(=O)CC2)c(C)o1. The molecule has 7 heteroatoms. The molecular weight excluding hydrogens is 292 g/mol. The molecule has 1 atom stereocenters. The summed E-state index contributed by atoms with van der Waals surface area (Å²) >= 11 is 0. The van der Waals surface area contributed by atoms with Gasteiger partial charge in [-0.15, -0.1) is 0 Å². The standard InChI is InChI=1S/C14H22N2O4S/c1-10-8-13(12(3)20-10)11(2)15-14(17)9-16-4-6-21(18,19)7-5-16/h8,11H,4-7,9H2,1-3H3,(H,15,17)/t11-/m0/s1. The molecule has 1 aromatic rings. The summed E-state index contributed by atoms with van der Waals surface area (Å²) in [7, 11) is -2.91. The summed E-state index contributed by atoms with van der Waals surface area (Å²) in [4.78, 5) is 13.9. The molecule has 0 bridgehead atoms. The summed E-state index contributed by atoms with van der Waals surface area (Å²) < 4.78 is 28.2. The number of rotatable bonds is 4. The summed E-state index contributed by atoms with van der Waals surface area (Å²) in [6, 6.07) is 1.80. The van der Waals surface area contributed by atoms with E-state index in [1.165, 1.54) is 0 Å². The first-order chi connectivity index (χ1) is 9.77. The fourth-order valence-corrected chi connectivity index (χ4v) is 3.83. The quantitative estimate of drug-likeness (QED) is 0.889. The minimum Gasteiger partial charge on any atom is -0.466 e. The maximum atomic E-state index is 12.0. The number of hydrogen-bond acceptors (Lipinski definition) is 5. The number of carbonyl (C=O) groups is 1. The monoisotopic (exact) mass is 314 g/mol. The van der Waals surface area contributed by atoms with Crippen molar-refractivity contribution < 1.29 is 17.6 Å². The van der Waals surface area contributed by atoms with Crippen LogP contribution in [0.1, 0.15) is 30.0 Å². The van der Waals surface area contributed by atoms with Gasteiger partial charge in [-0.05, 0) is 26.8 Å². The van der Waals surface area contributed by atoms with Gasteiger partial charge >= 0.3 is 0 Å². The number of hydrogen-bond donors (Lipinski definition) is 1. The van der Waals surface area contributed by atoms with Crippen molar-refractivity contribution in [1.29, 1.82) is 0 Å². The van der Waals surface area contributed by atoms with Crippen molar-refractivity contribution in [3.63, 3.8) is 0 Å². The number of furan rings is 1. The van der Waals surface area contributed by atoms with Crippen molar-refractivity contribution in [3.8, 4) is 0 Å². The van der Waals surface area contributed by atoms with Crippen LogP contribution in [0, 0.1) is 13.8 Å². The number of carbonyl (C=O) groups excluding carboxylic acids is 1. The summed E-state index contributed by atoms with van der Waals surface area (Å²) in [5.41, 5.74) is 0.974. The molecule has 1 N–H and O–H groups in total. The lowest BCUT2D eigenvalue weighted by Gasteiger charge is -2.26. The topological polar surface area (TPSA) is 79.6 Å². The second-order valence-electron chi connectivity index (χ2n) is 5.59. The van der Waals surface area contributed by atoms with Crippen molar-refractivity contribution in [2.24, 2.45) is 0 Å². The Hall–Kier alpha value is -1.34. The minimum atomic E-state index is -2.91. The van der Waals surface area contributed by atoms with Crippen molar-refractivity contribution in [1.82, 2.24) is 10.2 Å². The zero-order valence-electron chi connectivity index (χ0n) is 12.7. The van der Waals surface area contributed by atoms with Gasteiger partial charge in [-0.25, -0.2) is 8.42 Å². The van der Waals surface area contributed by atoms with E-state index in [4.69, 9.17) is 4.42 Å². The van der Waals surface area contributed by atoms with Gasteiger partial charge in [-0.2, -0.15) is 0 Å². The highest BCUT2D eigenvalue weighted by Gasteiger charge is 2.23. The molecule has 1 fully saturated rings. The van der Waals surface area contributed by atoms with Crippen molar-refractivity contribution in [2.45, 2.75) is 26.8 Å². The Morgan fingerprint density at radius 1 is 1.38 bits per heavy atom. The zero-order valence-corrected chi connectivity index (χ0v) is 13.5. The Balaban J connectivity index is 1.86. The predicted molar refractivity (Wildman–Crippen MR) is 79.8 cm³/mol. The number of aryl methyl sites for hydroxylation is 2. The number of sulfone groups is 1. The Bertz CT molecular complexity index is 607. The van der Waals surface area contributed by atoms with Crippen LogP contribution in [-0.4, -0.2) is 50.4 Å². The molecule has 2 rings (SSSR count). The van der Waals surface area contributed by atoms with Gasteiger partial charge in [-0.3, -0.25) is 9.69 Å². The van der Waals surface area contributed by atoms with E-state index in [2.05, 4.69) is 5.32 Å². The summed E-state index contributed by atoms with van der Waals surface area (Å²) in [6.45, 7) is 6.74. The Morgan fingerprint density at radius 2 is 2.00 bits per heavy atom. The van der Waals surface area contributed by atoms with E-state index >= 15 is 0 Å². The second-order valence-corrected chi connectivity index (χ2v) is 7.89. The van der Waals surface area contributed by atoms with Crippen LogP contribution in [0.2, 0.25) is 0 Å². The highest BCUT2D eigenvalue weighted by Crippen LogP contribution is 2.21. The highest BCUT2D eigenvalue weighted by molar-refractivity contribution is 7.91. The van der Waals surface area contributed by atoms with Crippen LogP contribution in [0.4, 0.5) is 0 Å². The average Bonchev–Trinajstić information content (AvgIpc) is 2.71. The van der Waals surface area contributed by atoms with E-state index in [9.17, 15) is 13.2 Å². The third kappa shape index (κ3) is 4.31. The molecule has 1 aliphatic rings. The molecule has 1 aromatic heterocycles. The minimum absolute atomic E-state index is 0.0972. The van der Waals surface area contributed by atoms with Crippen LogP contribution in [0.25, 0.3) is 0 Å². The van der Waals surface area contributed by atoms with Gasteiger partial charge in [0.15, 0.2) is 9.84 Å². The van der Waals surface area contributed by atoms with Crippen molar-refractivity contribution >= 4 is 15.7 Å². The van der Waals surface area contributed by atoms with E-state index < -0.39 is 9.84 Å². The molecule has 0 radical (unpaired) electrons. The van der Waals surface area contributed by atoms with Crippen LogP contribution in [0.15, 0.2) is 10.5 Å². The van der Waals surface area contributed by atoms with E-state index in [1.807, 2.05) is 31.7 Å². The first kappa shape index (κ1) is 16.0. The molecule has 118 valence electrons. The van der Waals surface area contributed by atoms with Crippen molar-refractivity contribution in [2.75, 3.05) is 31.1 Å². The van der Waals surface area contributed by atoms with Gasteiger partial charge in [0, 0.05) is 18.7 Å². The lowest BCUT2D eigenvalue weighted by atomic mass is 10.1. The summed E-state index contributed by atoms with van der Waals surface area (Å²) in [6.07, 6.45) is 0. The maximum absolute atomic E-state index is 12.0. The summed E-state index contributed by atoms with van der Waals surface area (Å²) in [5, 5.41) is 2.93. The molecule has 6 nitrogen and oxygen atoms in total. The van der Waals surface area contributed by atoms with E-state index in [0.29, 0.717) is 13.1 Å². The second kappa shape index (κ2) is 6.19. The van der Waals surface area contributed by atoms with Gasteiger partial charge in [0.1, 0.15) is 11.5 Å². The number of nitrogens with zero attached hydrogens (tertiary/aromatic N) is 1. The molecule has 21 heavy (non-hydrogen) atoms. The third-order valence-corrected chi connectivity index (χ3v) is 5.34. The molecule has 0 aromatic carbocycles. The fraction of sp³-hybridized carbons (Fsp3) is 0.643. The average molecular weight is 314 g/mol. The lowest BCUT2D eigenvalue weighted by molar-refractivity contribution is -0.122. The third-order valence-electron chi connectivity index (χ3n) is 3.73. The molecule has 1 saturated heterocycles. The molecule has 1 aliphatic heterocycles. The predicted octanol–water partition coefficient (Wildman–Crippen LogP) is 0.804. The van der Waals surface area contributed by atoms with Crippen LogP contribution >= 0.6 is 0 Å². The van der Waals surface area contributed by atoms with Gasteiger partial charge < -0.3 is 9.73 Å². The molecule has 0 spiro atoms. The maximum Gasteiger partial charge on any atom is 0.234 e. The number of nitrogens with one attached hydrogen (secondary N) is 1. The van der Waals surface area contributed by atoms with E-state index in [1.54, 1.807) is 0 Å².